The van der Waals surface area contributed by atoms with Gasteiger partial charge in [0.1, 0.15) is 12.4 Å². The van der Waals surface area contributed by atoms with Gasteiger partial charge in [-0.05, 0) is 57.0 Å². The summed E-state index contributed by atoms with van der Waals surface area (Å²) in [5.41, 5.74) is 1.57. The molecule has 3 N–H and O–H groups in total. The van der Waals surface area contributed by atoms with Crippen LogP contribution >= 0.6 is 11.3 Å². The molecule has 3 aromatic rings. The number of rotatable bonds is 12. The molecular weight excluding hydrogens is 546 g/mol. The smallest absolute Gasteiger partial charge is 0.404 e. The molecule has 210 valence electrons. The molecule has 1 aliphatic rings. The average molecular weight is 578 g/mol. The molecule has 2 unspecified atom stereocenters. The van der Waals surface area contributed by atoms with E-state index in [1.54, 1.807) is 49.4 Å². The summed E-state index contributed by atoms with van der Waals surface area (Å²) in [5.74, 6) is 1.39. The molecule has 1 aromatic heterocycles. The normalized spacial score (nSPS) is 14.4. The molecule has 11 nitrogen and oxygen atoms in total. The largest absolute Gasteiger partial charge is 0.487 e. The van der Waals surface area contributed by atoms with Crippen molar-refractivity contribution >= 4 is 27.5 Å². The minimum atomic E-state index is -4.04. The Morgan fingerprint density at radius 1 is 1.18 bits per heavy atom. The third-order valence-corrected chi connectivity index (χ3v) is 8.96. The third-order valence-electron chi connectivity index (χ3n) is 6.10. The van der Waals surface area contributed by atoms with Crippen molar-refractivity contribution in [2.24, 2.45) is 0 Å². The van der Waals surface area contributed by atoms with Gasteiger partial charge in [0.25, 0.3) is 0 Å². The van der Waals surface area contributed by atoms with E-state index in [2.05, 4.69) is 10.3 Å². The van der Waals surface area contributed by atoms with Gasteiger partial charge in [-0.1, -0.05) is 12.1 Å². The van der Waals surface area contributed by atoms with Gasteiger partial charge >= 0.3 is 6.09 Å². The Morgan fingerprint density at radius 3 is 2.54 bits per heavy atom. The summed E-state index contributed by atoms with van der Waals surface area (Å²) in [6, 6.07) is 9.88. The first-order chi connectivity index (χ1) is 18.5. The van der Waals surface area contributed by atoms with E-state index in [9.17, 15) is 23.4 Å². The molecular formula is C26H31N3O8S2. The van der Waals surface area contributed by atoms with Gasteiger partial charge in [-0.2, -0.15) is 4.31 Å². The quantitative estimate of drug-likeness (QED) is 0.295. The number of hydrogen-bond acceptors (Lipinski definition) is 9. The van der Waals surface area contributed by atoms with E-state index in [-0.39, 0.29) is 24.7 Å². The van der Waals surface area contributed by atoms with E-state index in [1.807, 2.05) is 12.3 Å². The first-order valence-electron chi connectivity index (χ1n) is 12.2. The molecule has 4 rings (SSSR count). The Hall–Kier alpha value is -3.39. The lowest BCUT2D eigenvalue weighted by Crippen LogP contribution is -2.51. The fraction of sp³-hybridized carbons (Fsp3) is 0.385. The number of fused-ring (bicyclic) bond motifs is 1. The van der Waals surface area contributed by atoms with E-state index >= 15 is 0 Å². The van der Waals surface area contributed by atoms with Crippen LogP contribution in [0.15, 0.2) is 52.7 Å². The summed E-state index contributed by atoms with van der Waals surface area (Å²) in [4.78, 5) is 15.9. The first-order valence-corrected chi connectivity index (χ1v) is 14.6. The summed E-state index contributed by atoms with van der Waals surface area (Å²) in [5, 5.41) is 25.7. The van der Waals surface area contributed by atoms with Gasteiger partial charge in [-0.3, -0.25) is 0 Å². The molecule has 2 aromatic carbocycles. The molecule has 0 radical (unpaired) electrons. The summed E-state index contributed by atoms with van der Waals surface area (Å²) in [6.07, 6.45) is -2.53. The molecule has 1 aliphatic heterocycles. The maximum Gasteiger partial charge on any atom is 0.404 e. The van der Waals surface area contributed by atoms with E-state index in [0.29, 0.717) is 23.9 Å². The fourth-order valence-corrected chi connectivity index (χ4v) is 6.39. The lowest BCUT2D eigenvalue weighted by atomic mass is 10.0. The first kappa shape index (κ1) is 28.6. The number of benzene rings is 2. The van der Waals surface area contributed by atoms with Crippen LogP contribution in [-0.4, -0.2) is 65.5 Å². The lowest BCUT2D eigenvalue weighted by Gasteiger charge is -2.31. The van der Waals surface area contributed by atoms with Crippen LogP contribution < -0.4 is 19.5 Å². The topological polar surface area (TPSA) is 148 Å². The minimum Gasteiger partial charge on any atom is -0.487 e. The number of carboxylic acid groups (broad SMARTS) is 1. The molecule has 0 saturated carbocycles. The van der Waals surface area contributed by atoms with Gasteiger partial charge in [0.05, 0.1) is 27.7 Å². The minimum absolute atomic E-state index is 0.00653. The van der Waals surface area contributed by atoms with Crippen LogP contribution in [-0.2, 0) is 23.1 Å². The van der Waals surface area contributed by atoms with E-state index in [0.717, 1.165) is 20.6 Å². The van der Waals surface area contributed by atoms with Crippen LogP contribution in [0.3, 0.4) is 0 Å². The second-order valence-electron chi connectivity index (χ2n) is 9.30. The average Bonchev–Trinajstić information content (AvgIpc) is 3.53. The maximum absolute atomic E-state index is 13.5. The maximum atomic E-state index is 13.5. The number of thiazole rings is 1. The number of aliphatic hydroxyl groups excluding tert-OH is 1. The highest BCUT2D eigenvalue weighted by Crippen LogP contribution is 2.35. The SMILES string of the molecule is Cc1nc(COc2ccc(CC(NC(=O)O)C(O)CN(C(C)C)S(=O)(=O)c3ccc4c(c3)OCO4)cc2)cs1. The monoisotopic (exact) mass is 577 g/mol. The molecule has 1 amide bonds. The number of amides is 1. The highest BCUT2D eigenvalue weighted by Gasteiger charge is 2.33. The standard InChI is InChI=1S/C26H31N3O8S2/c1-16(2)29(39(33,34)21-8-9-24-25(11-21)37-15-36-24)12-23(30)22(28-26(31)32)10-18-4-6-20(7-5-18)35-13-19-14-38-17(3)27-19/h4-9,11,14,16,22-23,28,30H,10,12-13,15H2,1-3H3,(H,31,32). The van der Waals surface area contributed by atoms with E-state index in [4.69, 9.17) is 14.2 Å². The van der Waals surface area contributed by atoms with Crippen molar-refractivity contribution in [1.29, 1.82) is 0 Å². The Morgan fingerprint density at radius 2 is 1.90 bits per heavy atom. The van der Waals surface area contributed by atoms with Gasteiger partial charge in [0, 0.05) is 24.0 Å². The van der Waals surface area contributed by atoms with E-state index in [1.165, 1.54) is 18.2 Å². The summed E-state index contributed by atoms with van der Waals surface area (Å²) >= 11 is 1.55. The van der Waals surface area contributed by atoms with Crippen molar-refractivity contribution in [2.45, 2.75) is 56.9 Å². The Bertz CT molecular complexity index is 1390. The van der Waals surface area contributed by atoms with Crippen LogP contribution in [0.2, 0.25) is 0 Å². The zero-order chi connectivity index (χ0) is 28.2. The molecule has 2 heterocycles. The Kier molecular flexibility index (Phi) is 8.95. The molecule has 39 heavy (non-hydrogen) atoms. The third kappa shape index (κ3) is 7.18. The van der Waals surface area contributed by atoms with Crippen molar-refractivity contribution in [3.63, 3.8) is 0 Å². The molecule has 0 aliphatic carbocycles. The van der Waals surface area contributed by atoms with Crippen LogP contribution in [0, 0.1) is 6.92 Å². The number of aliphatic hydroxyl groups is 1. The second-order valence-corrected chi connectivity index (χ2v) is 12.3. The second kappa shape index (κ2) is 12.2. The predicted octanol–water partition coefficient (Wildman–Crippen LogP) is 3.40. The van der Waals surface area contributed by atoms with Gasteiger partial charge < -0.3 is 29.7 Å². The summed E-state index contributed by atoms with van der Waals surface area (Å²) < 4.78 is 44.4. The summed E-state index contributed by atoms with van der Waals surface area (Å²) in [6.45, 7) is 5.30. The van der Waals surface area contributed by atoms with Gasteiger partial charge in [-0.15, -0.1) is 11.3 Å². The van der Waals surface area contributed by atoms with Crippen LogP contribution in [0.4, 0.5) is 4.79 Å². The number of sulfonamides is 1. The van der Waals surface area contributed by atoms with Crippen LogP contribution in [0.25, 0.3) is 0 Å². The number of hydrogen-bond donors (Lipinski definition) is 3. The fourth-order valence-electron chi connectivity index (χ4n) is 4.12. The lowest BCUT2D eigenvalue weighted by molar-refractivity contribution is 0.0945. The molecule has 13 heteroatoms. The van der Waals surface area contributed by atoms with E-state index < -0.39 is 34.3 Å². The number of aromatic nitrogens is 1. The van der Waals surface area contributed by atoms with Crippen molar-refractivity contribution in [3.8, 4) is 17.2 Å². The Balaban J connectivity index is 1.45. The molecule has 0 saturated heterocycles. The van der Waals surface area contributed by atoms with Gasteiger partial charge in [0.15, 0.2) is 11.5 Å². The van der Waals surface area contributed by atoms with Gasteiger partial charge in [-0.25, -0.2) is 18.2 Å². The van der Waals surface area contributed by atoms with Crippen molar-refractivity contribution in [1.82, 2.24) is 14.6 Å². The van der Waals surface area contributed by atoms with Crippen LogP contribution in [0.1, 0.15) is 30.1 Å². The van der Waals surface area contributed by atoms with Crippen molar-refractivity contribution in [3.05, 3.63) is 64.1 Å². The zero-order valence-electron chi connectivity index (χ0n) is 21.7. The highest BCUT2D eigenvalue weighted by atomic mass is 32.2. The van der Waals surface area contributed by atoms with Crippen molar-refractivity contribution in [2.75, 3.05) is 13.3 Å². The highest BCUT2D eigenvalue weighted by molar-refractivity contribution is 7.89. The summed E-state index contributed by atoms with van der Waals surface area (Å²) in [7, 11) is -4.04. The Labute approximate surface area is 231 Å². The number of nitrogens with one attached hydrogen (secondary N) is 1. The number of aryl methyl sites for hydroxylation is 1. The predicted molar refractivity (Wildman–Crippen MR) is 144 cm³/mol. The van der Waals surface area contributed by atoms with Crippen molar-refractivity contribution < 1.29 is 37.6 Å². The molecule has 2 atom stereocenters. The zero-order valence-corrected chi connectivity index (χ0v) is 23.4. The number of carbonyl (C=O) groups is 1. The van der Waals surface area contributed by atoms with Gasteiger partial charge in [0.2, 0.25) is 16.8 Å². The number of ether oxygens (including phenoxy) is 3. The molecule has 0 spiro atoms. The molecule has 0 fully saturated rings. The number of nitrogens with zero attached hydrogens (tertiary/aromatic N) is 2. The van der Waals surface area contributed by atoms with Crippen LogP contribution in [0.5, 0.6) is 17.2 Å². The molecule has 0 bridgehead atoms.